The predicted octanol–water partition coefficient (Wildman–Crippen LogP) is 1.21. The fourth-order valence-corrected chi connectivity index (χ4v) is 4.95. The molecule has 13 heteroatoms. The van der Waals surface area contributed by atoms with Crippen LogP contribution in [0.3, 0.4) is 0 Å². The zero-order valence-corrected chi connectivity index (χ0v) is 24.2. The highest BCUT2D eigenvalue weighted by Gasteiger charge is 2.30. The van der Waals surface area contributed by atoms with Crippen LogP contribution in [-0.2, 0) is 32.0 Å². The fraction of sp³-hybridized carbons (Fsp3) is 0.357. The van der Waals surface area contributed by atoms with Gasteiger partial charge in [0.15, 0.2) is 0 Å². The van der Waals surface area contributed by atoms with Gasteiger partial charge in [-0.2, -0.15) is 24.4 Å². The Hall–Kier alpha value is -3.68. The van der Waals surface area contributed by atoms with Crippen LogP contribution in [-0.4, -0.2) is 80.8 Å². The summed E-state index contributed by atoms with van der Waals surface area (Å²) in [6, 6.07) is 9.29. The van der Waals surface area contributed by atoms with E-state index in [2.05, 4.69) is 33.6 Å². The average Bonchev–Trinajstić information content (AvgIpc) is 3.36. The number of rotatable bonds is 15. The summed E-state index contributed by atoms with van der Waals surface area (Å²) in [5.41, 5.74) is 8.59. The number of thiol groups is 1. The molecule has 1 heterocycles. The first-order valence-corrected chi connectivity index (χ1v) is 15.0. The van der Waals surface area contributed by atoms with Gasteiger partial charge in [0.1, 0.15) is 23.9 Å². The Kier molecular flexibility index (Phi) is 11.9. The van der Waals surface area contributed by atoms with Crippen molar-refractivity contribution >= 4 is 59.0 Å². The SMILES string of the molecule is CSCCC(NC(=O)C(N)Cc1c[nH]c2ccccc12)C(=O)NC(CS)C(=O)NC(Cc1ccc(O)cc1)C(=O)O. The van der Waals surface area contributed by atoms with E-state index in [0.717, 1.165) is 16.5 Å². The van der Waals surface area contributed by atoms with E-state index in [4.69, 9.17) is 5.73 Å². The van der Waals surface area contributed by atoms with E-state index in [9.17, 15) is 29.4 Å². The van der Waals surface area contributed by atoms with Gasteiger partial charge in [0.2, 0.25) is 17.7 Å². The Bertz CT molecular complexity index is 1350. The number of nitrogens with one attached hydrogen (secondary N) is 4. The van der Waals surface area contributed by atoms with E-state index in [1.807, 2.05) is 30.5 Å². The van der Waals surface area contributed by atoms with Crippen LogP contribution >= 0.6 is 24.4 Å². The molecule has 4 unspecified atom stereocenters. The van der Waals surface area contributed by atoms with Gasteiger partial charge in [0, 0.05) is 29.3 Å². The summed E-state index contributed by atoms with van der Waals surface area (Å²) in [5.74, 6) is -2.62. The molecule has 0 spiro atoms. The molecule has 0 aliphatic carbocycles. The number of aromatic hydroxyl groups is 1. The number of hydrogen-bond donors (Lipinski definition) is 8. The van der Waals surface area contributed by atoms with Crippen LogP contribution in [0.1, 0.15) is 17.5 Å². The summed E-state index contributed by atoms with van der Waals surface area (Å²) in [5, 5.41) is 27.8. The lowest BCUT2D eigenvalue weighted by molar-refractivity contribution is -0.142. The third-order valence-corrected chi connectivity index (χ3v) is 7.51. The van der Waals surface area contributed by atoms with E-state index in [0.29, 0.717) is 11.3 Å². The molecule has 4 atom stereocenters. The van der Waals surface area contributed by atoms with Crippen molar-refractivity contribution in [1.82, 2.24) is 20.9 Å². The largest absolute Gasteiger partial charge is 0.508 e. The topological polar surface area (TPSA) is 187 Å². The molecule has 0 bridgehead atoms. The second-order valence-corrected chi connectivity index (χ2v) is 10.9. The number of amides is 3. The zero-order chi connectivity index (χ0) is 29.9. The van der Waals surface area contributed by atoms with Gasteiger partial charge in [-0.1, -0.05) is 30.3 Å². The first-order valence-electron chi connectivity index (χ1n) is 12.9. The molecule has 0 aliphatic rings. The lowest BCUT2D eigenvalue weighted by Crippen LogP contribution is -2.58. The Morgan fingerprint density at radius 2 is 1.56 bits per heavy atom. The van der Waals surface area contributed by atoms with Gasteiger partial charge < -0.3 is 36.9 Å². The lowest BCUT2D eigenvalue weighted by Gasteiger charge is -2.24. The summed E-state index contributed by atoms with van der Waals surface area (Å²) in [7, 11) is 0. The van der Waals surface area contributed by atoms with E-state index >= 15 is 0 Å². The Balaban J connectivity index is 1.63. The molecule has 41 heavy (non-hydrogen) atoms. The van der Waals surface area contributed by atoms with Gasteiger partial charge in [0.05, 0.1) is 6.04 Å². The zero-order valence-electron chi connectivity index (χ0n) is 22.5. The summed E-state index contributed by atoms with van der Waals surface area (Å²) in [6.45, 7) is 0. The summed E-state index contributed by atoms with van der Waals surface area (Å²) < 4.78 is 0. The van der Waals surface area contributed by atoms with Crippen molar-refractivity contribution < 1.29 is 29.4 Å². The molecule has 3 rings (SSSR count). The minimum Gasteiger partial charge on any atom is -0.508 e. The van der Waals surface area contributed by atoms with Crippen LogP contribution < -0.4 is 21.7 Å². The van der Waals surface area contributed by atoms with Crippen molar-refractivity contribution in [2.45, 2.75) is 43.4 Å². The highest BCUT2D eigenvalue weighted by atomic mass is 32.2. The van der Waals surface area contributed by atoms with Crippen LogP contribution in [0.15, 0.2) is 54.7 Å². The van der Waals surface area contributed by atoms with Crippen LogP contribution in [0.4, 0.5) is 0 Å². The van der Waals surface area contributed by atoms with Gasteiger partial charge in [-0.15, -0.1) is 0 Å². The molecule has 0 radical (unpaired) electrons. The smallest absolute Gasteiger partial charge is 0.326 e. The molecule has 8 N–H and O–H groups in total. The van der Waals surface area contributed by atoms with E-state index < -0.39 is 47.9 Å². The third kappa shape index (κ3) is 9.17. The number of carbonyl (C=O) groups is 4. The number of phenols is 1. The first kappa shape index (κ1) is 31.8. The minimum atomic E-state index is -1.28. The summed E-state index contributed by atoms with van der Waals surface area (Å²) >= 11 is 5.66. The number of benzene rings is 2. The van der Waals surface area contributed by atoms with Crippen LogP contribution in [0.5, 0.6) is 5.75 Å². The molecule has 11 nitrogen and oxygen atoms in total. The standard InChI is InChI=1S/C28H35N5O6S2/c1-41-11-10-22(31-25(35)20(29)13-17-14-30-21-5-3-2-4-19(17)21)26(36)33-24(15-40)27(37)32-23(28(38)39)12-16-6-8-18(34)9-7-16/h2-9,14,20,22-24,30,34,40H,10-13,15,29H2,1H3,(H,31,35)(H,32,37)(H,33,36)(H,38,39). The molecule has 0 saturated carbocycles. The minimum absolute atomic E-state index is 0.0320. The second-order valence-electron chi connectivity index (χ2n) is 9.53. The molecule has 0 aliphatic heterocycles. The maximum atomic E-state index is 13.2. The maximum absolute atomic E-state index is 13.2. The predicted molar refractivity (Wildman–Crippen MR) is 162 cm³/mol. The molecular weight excluding hydrogens is 566 g/mol. The fourth-order valence-electron chi connectivity index (χ4n) is 4.22. The monoisotopic (exact) mass is 601 g/mol. The van der Waals surface area contributed by atoms with Crippen molar-refractivity contribution in [1.29, 1.82) is 0 Å². The number of aromatic amines is 1. The number of hydrogen-bond acceptors (Lipinski definition) is 8. The highest BCUT2D eigenvalue weighted by Crippen LogP contribution is 2.19. The number of carboxylic acids is 1. The number of phenolic OH excluding ortho intramolecular Hbond substituents is 1. The molecule has 2 aromatic carbocycles. The Morgan fingerprint density at radius 3 is 2.22 bits per heavy atom. The van der Waals surface area contributed by atoms with Crippen molar-refractivity contribution in [3.8, 4) is 5.75 Å². The van der Waals surface area contributed by atoms with Crippen molar-refractivity contribution in [3.05, 3.63) is 65.9 Å². The highest BCUT2D eigenvalue weighted by molar-refractivity contribution is 7.98. The number of aliphatic carboxylic acids is 1. The van der Waals surface area contributed by atoms with Gasteiger partial charge >= 0.3 is 5.97 Å². The first-order chi connectivity index (χ1) is 19.6. The van der Waals surface area contributed by atoms with Crippen molar-refractivity contribution in [2.24, 2.45) is 5.73 Å². The molecule has 0 fully saturated rings. The summed E-state index contributed by atoms with van der Waals surface area (Å²) in [6.07, 6.45) is 4.18. The molecule has 220 valence electrons. The molecule has 0 saturated heterocycles. The van der Waals surface area contributed by atoms with E-state index in [-0.39, 0.29) is 30.8 Å². The van der Waals surface area contributed by atoms with E-state index in [1.165, 1.54) is 23.9 Å². The number of H-pyrrole nitrogens is 1. The average molecular weight is 602 g/mol. The number of aromatic nitrogens is 1. The van der Waals surface area contributed by atoms with Crippen LogP contribution in [0.25, 0.3) is 10.9 Å². The Labute approximate surface area is 247 Å². The molecule has 3 amide bonds. The van der Waals surface area contributed by atoms with Gasteiger partial charge in [-0.3, -0.25) is 14.4 Å². The third-order valence-electron chi connectivity index (χ3n) is 6.50. The van der Waals surface area contributed by atoms with E-state index in [1.54, 1.807) is 18.3 Å². The number of carbonyl (C=O) groups excluding carboxylic acids is 3. The molecule has 3 aromatic rings. The number of para-hydroxylation sites is 1. The number of thioether (sulfide) groups is 1. The van der Waals surface area contributed by atoms with Crippen molar-refractivity contribution in [2.75, 3.05) is 17.8 Å². The summed E-state index contributed by atoms with van der Waals surface area (Å²) in [4.78, 5) is 54.0. The van der Waals surface area contributed by atoms with Crippen LogP contribution in [0, 0.1) is 0 Å². The van der Waals surface area contributed by atoms with Crippen LogP contribution in [0.2, 0.25) is 0 Å². The Morgan fingerprint density at radius 1 is 0.927 bits per heavy atom. The molecular formula is C28H35N5O6S2. The normalized spacial score (nSPS) is 14.0. The van der Waals surface area contributed by atoms with Crippen molar-refractivity contribution in [3.63, 3.8) is 0 Å². The number of nitrogens with two attached hydrogens (primary N) is 1. The molecule has 1 aromatic heterocycles. The number of fused-ring (bicyclic) bond motifs is 1. The van der Waals surface area contributed by atoms with Gasteiger partial charge in [0.25, 0.3) is 0 Å². The second kappa shape index (κ2) is 15.4. The number of carboxylic acid groups (broad SMARTS) is 1. The van der Waals surface area contributed by atoms with Gasteiger partial charge in [-0.25, -0.2) is 4.79 Å². The lowest BCUT2D eigenvalue weighted by atomic mass is 10.0. The quantitative estimate of drug-likeness (QED) is 0.119. The maximum Gasteiger partial charge on any atom is 0.326 e. The van der Waals surface area contributed by atoms with Gasteiger partial charge in [-0.05, 0) is 54.2 Å².